The molecule has 1 aromatic heterocycles. The number of aromatic amines is 1. The van der Waals surface area contributed by atoms with Crippen molar-refractivity contribution < 1.29 is 9.13 Å². The van der Waals surface area contributed by atoms with E-state index in [1.165, 1.54) is 25.4 Å². The Bertz CT molecular complexity index is 557. The van der Waals surface area contributed by atoms with Crippen LogP contribution in [0.3, 0.4) is 0 Å². The van der Waals surface area contributed by atoms with Gasteiger partial charge in [0.25, 0.3) is 0 Å². The van der Waals surface area contributed by atoms with Crippen molar-refractivity contribution in [1.82, 2.24) is 9.97 Å². The van der Waals surface area contributed by atoms with Crippen LogP contribution in [0.4, 0.5) is 4.39 Å². The van der Waals surface area contributed by atoms with Crippen molar-refractivity contribution in [2.75, 3.05) is 7.11 Å². The molecule has 2 rings (SSSR count). The van der Waals surface area contributed by atoms with Crippen molar-refractivity contribution in [1.29, 1.82) is 5.26 Å². The molecule has 2 aromatic rings. The van der Waals surface area contributed by atoms with E-state index >= 15 is 0 Å². The van der Waals surface area contributed by atoms with E-state index in [2.05, 4.69) is 9.97 Å². The number of H-pyrrole nitrogens is 1. The quantitative estimate of drug-likeness (QED) is 0.837. The van der Waals surface area contributed by atoms with Gasteiger partial charge >= 0.3 is 0 Å². The summed E-state index contributed by atoms with van der Waals surface area (Å²) < 4.78 is 18.2. The number of hydrogen-bond acceptors (Lipinski definition) is 3. The first-order chi connectivity index (χ1) is 7.74. The predicted molar refractivity (Wildman–Crippen MR) is 55.2 cm³/mol. The Hall–Kier alpha value is -2.35. The lowest BCUT2D eigenvalue weighted by molar-refractivity contribution is 0.386. The molecule has 1 heterocycles. The Labute approximate surface area is 91.3 Å². The average molecular weight is 217 g/mol. The summed E-state index contributed by atoms with van der Waals surface area (Å²) in [5, 5.41) is 8.60. The minimum Gasteiger partial charge on any atom is -0.494 e. The van der Waals surface area contributed by atoms with E-state index < -0.39 is 5.82 Å². The van der Waals surface area contributed by atoms with Gasteiger partial charge in [0.2, 0.25) is 5.82 Å². The molecule has 0 radical (unpaired) electrons. The molecule has 0 bridgehead atoms. The van der Waals surface area contributed by atoms with Crippen LogP contribution in [0.5, 0.6) is 5.75 Å². The lowest BCUT2D eigenvalue weighted by Crippen LogP contribution is -1.88. The molecule has 1 aromatic carbocycles. The number of benzene rings is 1. The fourth-order valence-corrected chi connectivity index (χ4v) is 1.36. The zero-order valence-corrected chi connectivity index (χ0v) is 8.49. The molecule has 0 atom stereocenters. The summed E-state index contributed by atoms with van der Waals surface area (Å²) in [6, 6.07) is 6.41. The van der Waals surface area contributed by atoms with Crippen molar-refractivity contribution in [2.45, 2.75) is 0 Å². The maximum absolute atomic E-state index is 13.4. The normalized spacial score (nSPS) is 9.81. The largest absolute Gasteiger partial charge is 0.494 e. The Balaban J connectivity index is 2.42. The monoisotopic (exact) mass is 217 g/mol. The first kappa shape index (κ1) is 10.2. The first-order valence-corrected chi connectivity index (χ1v) is 4.53. The topological polar surface area (TPSA) is 61.7 Å². The molecule has 80 valence electrons. The molecule has 0 aliphatic rings. The van der Waals surface area contributed by atoms with Crippen LogP contribution in [-0.4, -0.2) is 17.1 Å². The van der Waals surface area contributed by atoms with E-state index in [9.17, 15) is 4.39 Å². The maximum atomic E-state index is 13.4. The van der Waals surface area contributed by atoms with Crippen LogP contribution in [0.15, 0.2) is 24.4 Å². The van der Waals surface area contributed by atoms with Crippen LogP contribution in [0.2, 0.25) is 0 Å². The van der Waals surface area contributed by atoms with Gasteiger partial charge in [-0.05, 0) is 18.2 Å². The number of hydrogen-bond donors (Lipinski definition) is 1. The van der Waals surface area contributed by atoms with Gasteiger partial charge in [0.15, 0.2) is 11.6 Å². The van der Waals surface area contributed by atoms with Crippen LogP contribution in [0, 0.1) is 17.1 Å². The number of methoxy groups -OCH3 is 1. The Kier molecular flexibility index (Phi) is 2.56. The van der Waals surface area contributed by atoms with Gasteiger partial charge in [0.1, 0.15) is 6.07 Å². The summed E-state index contributed by atoms with van der Waals surface area (Å²) >= 11 is 0. The molecule has 0 saturated heterocycles. The number of ether oxygens (including phenoxy) is 1. The molecular weight excluding hydrogens is 209 g/mol. The van der Waals surface area contributed by atoms with Gasteiger partial charge in [-0.2, -0.15) is 5.26 Å². The van der Waals surface area contributed by atoms with E-state index in [1.807, 2.05) is 6.07 Å². The maximum Gasteiger partial charge on any atom is 0.210 e. The highest BCUT2D eigenvalue weighted by Crippen LogP contribution is 2.24. The molecule has 0 fully saturated rings. The standard InChI is InChI=1S/C11H8FN3O/c1-16-10-3-2-7(4-8(10)12)9-6-14-11(5-13)15-9/h2-4,6H,1H3,(H,14,15). The highest BCUT2D eigenvalue weighted by molar-refractivity contribution is 5.60. The molecule has 0 aliphatic carbocycles. The number of rotatable bonds is 2. The molecule has 16 heavy (non-hydrogen) atoms. The zero-order valence-electron chi connectivity index (χ0n) is 8.49. The third-order valence-corrected chi connectivity index (χ3v) is 2.14. The number of nitrogens with one attached hydrogen (secondary N) is 1. The summed E-state index contributed by atoms with van der Waals surface area (Å²) in [6.07, 6.45) is 1.49. The number of halogens is 1. The van der Waals surface area contributed by atoms with Gasteiger partial charge in [0, 0.05) is 5.56 Å². The molecular formula is C11H8FN3O. The van der Waals surface area contributed by atoms with Crippen molar-refractivity contribution in [3.8, 4) is 23.1 Å². The third-order valence-electron chi connectivity index (χ3n) is 2.14. The second-order valence-electron chi connectivity index (χ2n) is 3.11. The summed E-state index contributed by atoms with van der Waals surface area (Å²) in [4.78, 5) is 6.58. The summed E-state index contributed by atoms with van der Waals surface area (Å²) in [6.45, 7) is 0. The first-order valence-electron chi connectivity index (χ1n) is 4.53. The predicted octanol–water partition coefficient (Wildman–Crippen LogP) is 2.10. The van der Waals surface area contributed by atoms with Crippen molar-refractivity contribution in [2.24, 2.45) is 0 Å². The molecule has 0 aliphatic heterocycles. The summed E-state index contributed by atoms with van der Waals surface area (Å²) in [7, 11) is 1.40. The summed E-state index contributed by atoms with van der Waals surface area (Å²) in [5.41, 5.74) is 1.21. The van der Waals surface area contributed by atoms with E-state index in [4.69, 9.17) is 10.00 Å². The van der Waals surface area contributed by atoms with E-state index in [0.29, 0.717) is 11.3 Å². The highest BCUT2D eigenvalue weighted by atomic mass is 19.1. The SMILES string of the molecule is COc1ccc(-c2cnc(C#N)[nH]2)cc1F. The fraction of sp³-hybridized carbons (Fsp3) is 0.0909. The minimum absolute atomic E-state index is 0.184. The van der Waals surface area contributed by atoms with Crippen LogP contribution < -0.4 is 4.74 Å². The van der Waals surface area contributed by atoms with Gasteiger partial charge in [0.05, 0.1) is 19.0 Å². The van der Waals surface area contributed by atoms with Gasteiger partial charge < -0.3 is 9.72 Å². The van der Waals surface area contributed by atoms with Crippen molar-refractivity contribution in [3.05, 3.63) is 36.0 Å². The number of nitriles is 1. The molecule has 0 amide bonds. The number of nitrogens with zero attached hydrogens (tertiary/aromatic N) is 2. The molecule has 0 spiro atoms. The molecule has 1 N–H and O–H groups in total. The van der Waals surface area contributed by atoms with Crippen LogP contribution in [0.1, 0.15) is 5.82 Å². The van der Waals surface area contributed by atoms with E-state index in [0.717, 1.165) is 0 Å². The Morgan fingerprint density at radius 1 is 1.50 bits per heavy atom. The second-order valence-corrected chi connectivity index (χ2v) is 3.11. The van der Waals surface area contributed by atoms with Gasteiger partial charge in [-0.1, -0.05) is 0 Å². The lowest BCUT2D eigenvalue weighted by atomic mass is 10.1. The second kappa shape index (κ2) is 4.03. The number of imidazole rings is 1. The Morgan fingerprint density at radius 2 is 2.31 bits per heavy atom. The molecule has 4 nitrogen and oxygen atoms in total. The van der Waals surface area contributed by atoms with Gasteiger partial charge in [-0.15, -0.1) is 0 Å². The van der Waals surface area contributed by atoms with Gasteiger partial charge in [-0.25, -0.2) is 9.37 Å². The highest BCUT2D eigenvalue weighted by Gasteiger charge is 2.07. The Morgan fingerprint density at radius 3 is 2.88 bits per heavy atom. The molecule has 5 heteroatoms. The van der Waals surface area contributed by atoms with Crippen LogP contribution in [0.25, 0.3) is 11.3 Å². The van der Waals surface area contributed by atoms with Crippen molar-refractivity contribution in [3.63, 3.8) is 0 Å². The van der Waals surface area contributed by atoms with Crippen molar-refractivity contribution >= 4 is 0 Å². The van der Waals surface area contributed by atoms with E-state index in [-0.39, 0.29) is 11.6 Å². The van der Waals surface area contributed by atoms with Gasteiger partial charge in [-0.3, -0.25) is 0 Å². The van der Waals surface area contributed by atoms with E-state index in [1.54, 1.807) is 6.07 Å². The zero-order chi connectivity index (χ0) is 11.5. The molecule has 0 unspecified atom stereocenters. The third kappa shape index (κ3) is 1.73. The smallest absolute Gasteiger partial charge is 0.210 e. The van der Waals surface area contributed by atoms with Crippen LogP contribution >= 0.6 is 0 Å². The fourth-order valence-electron chi connectivity index (χ4n) is 1.36. The minimum atomic E-state index is -0.451. The number of aromatic nitrogens is 2. The summed E-state index contributed by atoms with van der Waals surface area (Å²) in [5.74, 6) is -0.0666. The lowest BCUT2D eigenvalue weighted by Gasteiger charge is -2.03. The molecule has 0 saturated carbocycles. The van der Waals surface area contributed by atoms with Crippen LogP contribution in [-0.2, 0) is 0 Å². The average Bonchev–Trinajstić information content (AvgIpc) is 2.77.